The highest BCUT2D eigenvalue weighted by atomic mass is 32.1. The van der Waals surface area contributed by atoms with Crippen LogP contribution in [-0.4, -0.2) is 41.3 Å². The molecule has 2 heterocycles. The average molecular weight is 445 g/mol. The molecular weight excluding hydrogens is 424 g/mol. The maximum atomic E-state index is 5.53. The van der Waals surface area contributed by atoms with Crippen LogP contribution in [0, 0.1) is 0 Å². The normalized spacial score (nSPS) is 11.8. The van der Waals surface area contributed by atoms with Crippen molar-refractivity contribution in [2.24, 2.45) is 0 Å². The van der Waals surface area contributed by atoms with Gasteiger partial charge in [0.05, 0.1) is 37.1 Å². The summed E-state index contributed by atoms with van der Waals surface area (Å²) in [6.45, 7) is 0. The van der Waals surface area contributed by atoms with Crippen LogP contribution in [0.5, 0.6) is 17.2 Å². The van der Waals surface area contributed by atoms with Crippen LogP contribution in [0.4, 0.5) is 0 Å². The van der Waals surface area contributed by atoms with Crippen molar-refractivity contribution in [2.75, 3.05) is 21.3 Å². The van der Waals surface area contributed by atoms with Gasteiger partial charge >= 0.3 is 0 Å². The summed E-state index contributed by atoms with van der Waals surface area (Å²) in [5.41, 5.74) is 4.30. The predicted octanol–water partition coefficient (Wildman–Crippen LogP) is 5.11. The van der Waals surface area contributed by atoms with Crippen LogP contribution in [0.15, 0.2) is 60.7 Å². The molecule has 0 fully saturated rings. The van der Waals surface area contributed by atoms with Gasteiger partial charge in [-0.2, -0.15) is 0 Å². The SMILES string of the molecule is COc1cc(C=C(c2nc3ccccc3s2)n2nnc3ccccc32)cc(OC)c1OC. The molecule has 0 spiro atoms. The van der Waals surface area contributed by atoms with Crippen molar-refractivity contribution in [1.29, 1.82) is 0 Å². The smallest absolute Gasteiger partial charge is 0.203 e. The maximum Gasteiger partial charge on any atom is 0.203 e. The number of thiazole rings is 1. The first-order chi connectivity index (χ1) is 15.7. The monoisotopic (exact) mass is 444 g/mol. The van der Waals surface area contributed by atoms with Crippen molar-refractivity contribution in [3.05, 3.63) is 71.2 Å². The molecule has 3 aromatic carbocycles. The van der Waals surface area contributed by atoms with Gasteiger partial charge in [0.1, 0.15) is 16.2 Å². The first-order valence-corrected chi connectivity index (χ1v) is 10.7. The fourth-order valence-electron chi connectivity index (χ4n) is 3.58. The van der Waals surface area contributed by atoms with Crippen molar-refractivity contribution in [3.8, 4) is 17.2 Å². The number of rotatable bonds is 6. The van der Waals surface area contributed by atoms with Crippen LogP contribution >= 0.6 is 11.3 Å². The Balaban J connectivity index is 1.76. The predicted molar refractivity (Wildman–Crippen MR) is 127 cm³/mol. The topological polar surface area (TPSA) is 71.3 Å². The summed E-state index contributed by atoms with van der Waals surface area (Å²) in [5.74, 6) is 1.69. The number of aromatic nitrogens is 4. The van der Waals surface area contributed by atoms with Crippen molar-refractivity contribution in [3.63, 3.8) is 0 Å². The summed E-state index contributed by atoms with van der Waals surface area (Å²) in [6.07, 6.45) is 2.00. The number of benzene rings is 3. The number of fused-ring (bicyclic) bond motifs is 2. The van der Waals surface area contributed by atoms with E-state index in [0.717, 1.165) is 37.5 Å². The van der Waals surface area contributed by atoms with E-state index in [0.29, 0.717) is 17.2 Å². The summed E-state index contributed by atoms with van der Waals surface area (Å²) < 4.78 is 19.4. The second-order valence-corrected chi connectivity index (χ2v) is 8.00. The molecule has 0 aliphatic heterocycles. The Kier molecular flexibility index (Phi) is 5.20. The molecule has 0 aliphatic carbocycles. The molecule has 7 nitrogen and oxygen atoms in total. The maximum absolute atomic E-state index is 5.53. The van der Waals surface area contributed by atoms with Gasteiger partial charge in [0, 0.05) is 0 Å². The second-order valence-electron chi connectivity index (χ2n) is 6.96. The number of methoxy groups -OCH3 is 3. The van der Waals surface area contributed by atoms with Crippen LogP contribution in [0.3, 0.4) is 0 Å². The summed E-state index contributed by atoms with van der Waals surface area (Å²) in [5, 5.41) is 9.60. The fourth-order valence-corrected chi connectivity index (χ4v) is 4.55. The van der Waals surface area contributed by atoms with Crippen LogP contribution in [-0.2, 0) is 0 Å². The van der Waals surface area contributed by atoms with Gasteiger partial charge in [-0.25, -0.2) is 9.67 Å². The molecule has 0 saturated heterocycles. The van der Waals surface area contributed by atoms with Gasteiger partial charge in [0.2, 0.25) is 5.75 Å². The fraction of sp³-hybridized carbons (Fsp3) is 0.125. The van der Waals surface area contributed by atoms with E-state index in [2.05, 4.69) is 16.4 Å². The number of hydrogen-bond donors (Lipinski definition) is 0. The third-order valence-electron chi connectivity index (χ3n) is 5.08. The first-order valence-electron chi connectivity index (χ1n) is 9.90. The number of ether oxygens (including phenoxy) is 3. The Hall–Kier alpha value is -3.91. The zero-order valence-corrected chi connectivity index (χ0v) is 18.6. The second kappa shape index (κ2) is 8.32. The molecule has 0 bridgehead atoms. The highest BCUT2D eigenvalue weighted by Gasteiger charge is 2.18. The number of para-hydroxylation sites is 2. The van der Waals surface area contributed by atoms with Gasteiger partial charge < -0.3 is 14.2 Å². The molecule has 32 heavy (non-hydrogen) atoms. The van der Waals surface area contributed by atoms with E-state index < -0.39 is 0 Å². The average Bonchev–Trinajstić information content (AvgIpc) is 3.46. The van der Waals surface area contributed by atoms with Crippen LogP contribution in [0.1, 0.15) is 10.6 Å². The molecule has 0 saturated carbocycles. The number of nitrogens with zero attached hydrogens (tertiary/aromatic N) is 4. The Morgan fingerprint density at radius 2 is 1.56 bits per heavy atom. The largest absolute Gasteiger partial charge is 0.493 e. The van der Waals surface area contributed by atoms with E-state index in [-0.39, 0.29) is 0 Å². The van der Waals surface area contributed by atoms with Gasteiger partial charge in [-0.05, 0) is 48.0 Å². The Labute approximate surface area is 188 Å². The highest BCUT2D eigenvalue weighted by Crippen LogP contribution is 2.39. The molecule has 2 aromatic heterocycles. The van der Waals surface area contributed by atoms with Crippen LogP contribution < -0.4 is 14.2 Å². The molecule has 0 unspecified atom stereocenters. The molecule has 8 heteroatoms. The summed E-state index contributed by atoms with van der Waals surface area (Å²) in [6, 6.07) is 19.7. The van der Waals surface area contributed by atoms with Gasteiger partial charge in [-0.15, -0.1) is 16.4 Å². The zero-order chi connectivity index (χ0) is 22.1. The van der Waals surface area contributed by atoms with Crippen LogP contribution in [0.25, 0.3) is 33.0 Å². The Morgan fingerprint density at radius 3 is 2.25 bits per heavy atom. The van der Waals surface area contributed by atoms with E-state index in [1.54, 1.807) is 32.7 Å². The van der Waals surface area contributed by atoms with E-state index >= 15 is 0 Å². The molecule has 0 aliphatic rings. The molecular formula is C24H20N4O3S. The van der Waals surface area contributed by atoms with Crippen LogP contribution in [0.2, 0.25) is 0 Å². The van der Waals surface area contributed by atoms with Crippen molar-refractivity contribution in [2.45, 2.75) is 0 Å². The van der Waals surface area contributed by atoms with Crippen molar-refractivity contribution < 1.29 is 14.2 Å². The summed E-state index contributed by atoms with van der Waals surface area (Å²) >= 11 is 1.60. The van der Waals surface area contributed by atoms with Crippen molar-refractivity contribution in [1.82, 2.24) is 20.0 Å². The third kappa shape index (κ3) is 3.44. The summed E-state index contributed by atoms with van der Waals surface area (Å²) in [7, 11) is 4.79. The third-order valence-corrected chi connectivity index (χ3v) is 6.14. The quantitative estimate of drug-likeness (QED) is 0.362. The van der Waals surface area contributed by atoms with E-state index in [1.807, 2.05) is 65.4 Å². The lowest BCUT2D eigenvalue weighted by Crippen LogP contribution is -2.02. The van der Waals surface area contributed by atoms with Gasteiger partial charge in [-0.3, -0.25) is 0 Å². The minimum Gasteiger partial charge on any atom is -0.493 e. The summed E-state index contributed by atoms with van der Waals surface area (Å²) in [4.78, 5) is 4.87. The lowest BCUT2D eigenvalue weighted by atomic mass is 10.1. The molecule has 0 N–H and O–H groups in total. The lowest BCUT2D eigenvalue weighted by molar-refractivity contribution is 0.324. The molecule has 0 radical (unpaired) electrons. The molecule has 0 amide bonds. The Morgan fingerprint density at radius 1 is 0.875 bits per heavy atom. The minimum absolute atomic E-state index is 0.542. The van der Waals surface area contributed by atoms with Gasteiger partial charge in [0.15, 0.2) is 11.5 Å². The highest BCUT2D eigenvalue weighted by molar-refractivity contribution is 7.19. The molecule has 160 valence electrons. The molecule has 0 atom stereocenters. The first kappa shape index (κ1) is 20.0. The Bertz CT molecular complexity index is 1400. The van der Waals surface area contributed by atoms with Gasteiger partial charge in [0.25, 0.3) is 0 Å². The van der Waals surface area contributed by atoms with E-state index in [4.69, 9.17) is 19.2 Å². The molecule has 5 aromatic rings. The lowest BCUT2D eigenvalue weighted by Gasteiger charge is -2.13. The standard InChI is InChI=1S/C24H20N4O3S/c1-29-20-13-15(14-21(30-2)23(20)31-3)12-19(24-25-17-9-5-7-11-22(17)32-24)28-18-10-6-4-8-16(18)26-27-28/h4-14H,1-3H3. The van der Waals surface area contributed by atoms with E-state index in [9.17, 15) is 0 Å². The zero-order valence-electron chi connectivity index (χ0n) is 17.8. The molecule has 5 rings (SSSR count). The van der Waals surface area contributed by atoms with E-state index in [1.165, 1.54) is 0 Å². The number of hydrogen-bond acceptors (Lipinski definition) is 7. The van der Waals surface area contributed by atoms with Crippen molar-refractivity contribution >= 4 is 44.4 Å². The van der Waals surface area contributed by atoms with Gasteiger partial charge in [-0.1, -0.05) is 29.5 Å². The minimum atomic E-state index is 0.542.